The summed E-state index contributed by atoms with van der Waals surface area (Å²) in [5.74, 6) is 1.06. The molecule has 2 aromatic heterocycles. The van der Waals surface area contributed by atoms with Gasteiger partial charge in [-0.25, -0.2) is 4.98 Å². The molecule has 0 amide bonds. The Morgan fingerprint density at radius 2 is 1.89 bits per heavy atom. The number of aliphatic hydroxyl groups excluding tert-OH is 1. The molecule has 27 heavy (non-hydrogen) atoms. The van der Waals surface area contributed by atoms with Gasteiger partial charge < -0.3 is 9.53 Å². The number of hydrogen-bond acceptors (Lipinski definition) is 6. The predicted octanol–water partition coefficient (Wildman–Crippen LogP) is 4.13. The van der Waals surface area contributed by atoms with Gasteiger partial charge in [0.2, 0.25) is 0 Å². The van der Waals surface area contributed by atoms with E-state index in [0.29, 0.717) is 17.6 Å². The zero-order valence-electron chi connectivity index (χ0n) is 17.1. The number of fused-ring (bicyclic) bond motifs is 1. The van der Waals surface area contributed by atoms with E-state index in [0.717, 1.165) is 36.9 Å². The zero-order chi connectivity index (χ0) is 19.9. The van der Waals surface area contributed by atoms with Gasteiger partial charge in [-0.3, -0.25) is 0 Å². The molecular weight excluding hydrogens is 376 g/mol. The van der Waals surface area contributed by atoms with Crippen LogP contribution in [0.2, 0.25) is 18.1 Å². The van der Waals surface area contributed by atoms with Crippen molar-refractivity contribution < 1.29 is 9.53 Å². The van der Waals surface area contributed by atoms with Gasteiger partial charge in [-0.2, -0.15) is 27.2 Å². The lowest BCUT2D eigenvalue weighted by atomic mass is 9.71. The summed E-state index contributed by atoms with van der Waals surface area (Å²) in [5, 5.41) is 14.9. The van der Waals surface area contributed by atoms with Gasteiger partial charge in [-0.05, 0) is 31.0 Å². The lowest BCUT2D eigenvalue weighted by Crippen LogP contribution is -2.44. The van der Waals surface area contributed by atoms with E-state index in [-0.39, 0.29) is 17.1 Å². The van der Waals surface area contributed by atoms with Crippen LogP contribution in [0.15, 0.2) is 6.20 Å². The van der Waals surface area contributed by atoms with Crippen LogP contribution >= 0.6 is 12.6 Å². The first-order valence-electron chi connectivity index (χ1n) is 9.79. The van der Waals surface area contributed by atoms with Crippen LogP contribution in [0.1, 0.15) is 64.3 Å². The van der Waals surface area contributed by atoms with Gasteiger partial charge in [0.25, 0.3) is 8.32 Å². The topological polar surface area (TPSA) is 72.5 Å². The van der Waals surface area contributed by atoms with E-state index in [4.69, 9.17) is 9.41 Å². The van der Waals surface area contributed by atoms with Crippen LogP contribution in [0.25, 0.3) is 5.65 Å². The molecule has 0 radical (unpaired) electrons. The standard InChI is InChI=1S/C19H32N4O2SSi/c1-18(2,3)27(4,5)25-17-22-15(12-26)21-16-14(11-20-23(16)17)19(13-24)9-7-6-8-10-19/h11,24,26H,6-10,12-13H2,1-5H3. The maximum absolute atomic E-state index is 10.2. The molecule has 1 fully saturated rings. The predicted molar refractivity (Wildman–Crippen MR) is 113 cm³/mol. The van der Waals surface area contributed by atoms with Crippen molar-refractivity contribution in [3.8, 4) is 6.01 Å². The molecule has 1 saturated carbocycles. The average molecular weight is 409 g/mol. The quantitative estimate of drug-likeness (QED) is 0.575. The van der Waals surface area contributed by atoms with Crippen LogP contribution in [-0.2, 0) is 11.2 Å². The van der Waals surface area contributed by atoms with E-state index >= 15 is 0 Å². The van der Waals surface area contributed by atoms with Gasteiger partial charge >= 0.3 is 6.01 Å². The van der Waals surface area contributed by atoms with Gasteiger partial charge in [-0.15, -0.1) is 0 Å². The molecule has 150 valence electrons. The minimum Gasteiger partial charge on any atom is -0.517 e. The van der Waals surface area contributed by atoms with Crippen LogP contribution in [0, 0.1) is 0 Å². The first-order chi connectivity index (χ1) is 12.6. The van der Waals surface area contributed by atoms with Gasteiger partial charge in [0.05, 0.1) is 18.6 Å². The van der Waals surface area contributed by atoms with Crippen molar-refractivity contribution in [1.29, 1.82) is 0 Å². The maximum atomic E-state index is 10.2. The molecule has 1 aliphatic rings. The summed E-state index contributed by atoms with van der Waals surface area (Å²) in [4.78, 5) is 9.30. The van der Waals surface area contributed by atoms with E-state index in [1.165, 1.54) is 6.42 Å². The minimum absolute atomic E-state index is 0.0527. The molecule has 3 rings (SSSR count). The first kappa shape index (κ1) is 20.6. The molecule has 0 aliphatic heterocycles. The highest BCUT2D eigenvalue weighted by molar-refractivity contribution is 7.79. The molecule has 8 heteroatoms. The third kappa shape index (κ3) is 3.76. The summed E-state index contributed by atoms with van der Waals surface area (Å²) in [5.41, 5.74) is 1.49. The lowest BCUT2D eigenvalue weighted by molar-refractivity contribution is 0.152. The fourth-order valence-corrected chi connectivity index (χ4v) is 4.56. The lowest BCUT2D eigenvalue weighted by Gasteiger charge is -2.36. The van der Waals surface area contributed by atoms with Crippen molar-refractivity contribution in [2.75, 3.05) is 6.61 Å². The van der Waals surface area contributed by atoms with Crippen molar-refractivity contribution in [3.05, 3.63) is 17.6 Å². The Hall–Kier alpha value is -1.12. The van der Waals surface area contributed by atoms with E-state index in [2.05, 4.69) is 56.6 Å². The molecule has 1 aliphatic carbocycles. The molecular formula is C19H32N4O2SSi. The Morgan fingerprint density at radius 1 is 1.22 bits per heavy atom. The van der Waals surface area contributed by atoms with Crippen LogP contribution < -0.4 is 4.43 Å². The third-order valence-electron chi connectivity index (χ3n) is 6.36. The molecule has 0 unspecified atom stereocenters. The van der Waals surface area contributed by atoms with Crippen LogP contribution in [0.3, 0.4) is 0 Å². The monoisotopic (exact) mass is 408 g/mol. The highest BCUT2D eigenvalue weighted by Crippen LogP contribution is 2.41. The maximum Gasteiger partial charge on any atom is 0.307 e. The largest absolute Gasteiger partial charge is 0.517 e. The molecule has 2 aromatic rings. The van der Waals surface area contributed by atoms with Gasteiger partial charge in [-0.1, -0.05) is 40.0 Å². The second kappa shape index (κ2) is 7.37. The van der Waals surface area contributed by atoms with E-state index in [1.807, 2.05) is 6.20 Å². The first-order valence-corrected chi connectivity index (χ1v) is 13.3. The summed E-state index contributed by atoms with van der Waals surface area (Å²) >= 11 is 4.39. The van der Waals surface area contributed by atoms with Crippen LogP contribution in [-0.4, -0.2) is 39.6 Å². The van der Waals surface area contributed by atoms with Crippen molar-refractivity contribution in [2.45, 2.75) is 82.2 Å². The summed E-state index contributed by atoms with van der Waals surface area (Å²) in [6.45, 7) is 11.1. The van der Waals surface area contributed by atoms with Crippen molar-refractivity contribution in [1.82, 2.24) is 19.6 Å². The normalized spacial score (nSPS) is 18.0. The van der Waals surface area contributed by atoms with Crippen molar-refractivity contribution in [2.24, 2.45) is 0 Å². The summed E-state index contributed by atoms with van der Waals surface area (Å²) in [7, 11) is -2.08. The number of hydrogen-bond donors (Lipinski definition) is 2. The average Bonchev–Trinajstić information content (AvgIpc) is 3.05. The Labute approximate surface area is 168 Å². The van der Waals surface area contributed by atoms with Crippen LogP contribution in [0.5, 0.6) is 6.01 Å². The van der Waals surface area contributed by atoms with E-state index in [9.17, 15) is 5.11 Å². The Morgan fingerprint density at radius 3 is 2.44 bits per heavy atom. The van der Waals surface area contributed by atoms with Crippen molar-refractivity contribution >= 4 is 26.6 Å². The van der Waals surface area contributed by atoms with E-state index < -0.39 is 8.32 Å². The second-order valence-electron chi connectivity index (χ2n) is 9.24. The minimum atomic E-state index is -2.08. The molecule has 0 aromatic carbocycles. The van der Waals surface area contributed by atoms with Crippen molar-refractivity contribution in [3.63, 3.8) is 0 Å². The number of aliphatic hydroxyl groups is 1. The Balaban J connectivity index is 2.13. The highest BCUT2D eigenvalue weighted by atomic mass is 32.1. The Bertz CT molecular complexity index is 810. The molecule has 0 atom stereocenters. The highest BCUT2D eigenvalue weighted by Gasteiger charge is 2.41. The SMILES string of the molecule is CC(C)(C)[Si](C)(C)Oc1nc(CS)nc2c(C3(CO)CCCCC3)cnn12. The second-order valence-corrected chi connectivity index (χ2v) is 14.3. The molecule has 6 nitrogen and oxygen atoms in total. The van der Waals surface area contributed by atoms with Gasteiger partial charge in [0.1, 0.15) is 5.82 Å². The third-order valence-corrected chi connectivity index (χ3v) is 11.0. The number of rotatable bonds is 5. The smallest absolute Gasteiger partial charge is 0.307 e. The molecule has 1 N–H and O–H groups in total. The van der Waals surface area contributed by atoms with E-state index in [1.54, 1.807) is 4.52 Å². The fourth-order valence-electron chi connectivity index (χ4n) is 3.53. The number of nitrogens with zero attached hydrogens (tertiary/aromatic N) is 4. The van der Waals surface area contributed by atoms with Gasteiger partial charge in [0.15, 0.2) is 5.65 Å². The fraction of sp³-hybridized carbons (Fsp3) is 0.737. The zero-order valence-corrected chi connectivity index (χ0v) is 19.0. The molecule has 0 saturated heterocycles. The molecule has 0 bridgehead atoms. The summed E-state index contributed by atoms with van der Waals surface area (Å²) in [6, 6.07) is 0.491. The summed E-state index contributed by atoms with van der Waals surface area (Å²) in [6.07, 6.45) is 7.24. The number of aromatic nitrogens is 4. The van der Waals surface area contributed by atoms with Crippen LogP contribution in [0.4, 0.5) is 0 Å². The number of thiol groups is 1. The summed E-state index contributed by atoms with van der Waals surface area (Å²) < 4.78 is 8.20. The molecule has 0 spiro atoms. The Kier molecular flexibility index (Phi) is 5.62. The molecule has 2 heterocycles. The van der Waals surface area contributed by atoms with Gasteiger partial charge in [0, 0.05) is 11.0 Å².